The van der Waals surface area contributed by atoms with Gasteiger partial charge in [-0.05, 0) is 65.1 Å². The van der Waals surface area contributed by atoms with Crippen LogP contribution in [0.25, 0.3) is 21.8 Å². The average Bonchev–Trinajstić information content (AvgIpc) is 3.76. The first-order valence-corrected chi connectivity index (χ1v) is 17.1. The number of H-pyrrole nitrogens is 2. The summed E-state index contributed by atoms with van der Waals surface area (Å²) in [4.78, 5) is 60.5. The minimum Gasteiger partial charge on any atom is -0.508 e. The fourth-order valence-corrected chi connectivity index (χ4v) is 6.33. The zero-order valence-electron chi connectivity index (χ0n) is 28.6. The number of hydrogen-bond donors (Lipinski definition) is 9. The van der Waals surface area contributed by atoms with Gasteiger partial charge < -0.3 is 47.0 Å². The predicted molar refractivity (Wildman–Crippen MR) is 199 cm³/mol. The number of nitrogens with one attached hydrogen (secondary N) is 5. The molecule has 13 heteroatoms. The monoisotopic (exact) mass is 716 g/mol. The van der Waals surface area contributed by atoms with Crippen molar-refractivity contribution in [2.24, 2.45) is 5.73 Å². The Kier molecular flexibility index (Phi) is 11.0. The molecule has 2 heterocycles. The smallest absolute Gasteiger partial charge is 0.326 e. The maximum Gasteiger partial charge on any atom is 0.326 e. The van der Waals surface area contributed by atoms with Gasteiger partial charge in [0.25, 0.3) is 0 Å². The summed E-state index contributed by atoms with van der Waals surface area (Å²) in [5.74, 6) is -3.21. The van der Waals surface area contributed by atoms with Crippen LogP contribution in [0.5, 0.6) is 11.5 Å². The zero-order chi connectivity index (χ0) is 37.5. The summed E-state index contributed by atoms with van der Waals surface area (Å²) in [6.45, 7) is 0. The molecule has 272 valence electrons. The molecule has 0 fully saturated rings. The Labute approximate surface area is 304 Å². The van der Waals surface area contributed by atoms with Crippen molar-refractivity contribution in [2.75, 3.05) is 0 Å². The Bertz CT molecular complexity index is 2230. The summed E-state index contributed by atoms with van der Waals surface area (Å²) < 4.78 is 0. The Morgan fingerprint density at radius 3 is 1.43 bits per heavy atom. The summed E-state index contributed by atoms with van der Waals surface area (Å²) >= 11 is 0. The molecule has 3 amide bonds. The maximum atomic E-state index is 14.3. The van der Waals surface area contributed by atoms with E-state index in [2.05, 4.69) is 25.9 Å². The number of hydrogen-bond acceptors (Lipinski definition) is 7. The fourth-order valence-electron chi connectivity index (χ4n) is 6.33. The molecule has 10 N–H and O–H groups in total. The van der Waals surface area contributed by atoms with Crippen LogP contribution in [0.2, 0.25) is 0 Å². The number of aromatic hydroxyl groups is 2. The van der Waals surface area contributed by atoms with Crippen molar-refractivity contribution in [3.05, 3.63) is 132 Å². The Hall–Kier alpha value is -6.60. The van der Waals surface area contributed by atoms with E-state index in [-0.39, 0.29) is 37.2 Å². The van der Waals surface area contributed by atoms with Gasteiger partial charge in [0.15, 0.2) is 0 Å². The van der Waals surface area contributed by atoms with Gasteiger partial charge in [-0.1, -0.05) is 60.7 Å². The van der Waals surface area contributed by atoms with Crippen LogP contribution in [0.1, 0.15) is 22.3 Å². The summed E-state index contributed by atoms with van der Waals surface area (Å²) in [7, 11) is 0. The second-order valence-electron chi connectivity index (χ2n) is 13.0. The van der Waals surface area contributed by atoms with Crippen molar-refractivity contribution in [3.63, 3.8) is 0 Å². The molecular formula is C40H40N6O7. The quantitative estimate of drug-likeness (QED) is 0.0766. The number of aromatic nitrogens is 2. The third kappa shape index (κ3) is 9.01. The van der Waals surface area contributed by atoms with Gasteiger partial charge in [-0.3, -0.25) is 14.4 Å². The van der Waals surface area contributed by atoms with Crippen molar-refractivity contribution in [2.45, 2.75) is 49.9 Å². The second-order valence-corrected chi connectivity index (χ2v) is 13.0. The molecule has 4 unspecified atom stereocenters. The lowest BCUT2D eigenvalue weighted by Gasteiger charge is -2.25. The molecule has 2 aromatic heterocycles. The number of carboxylic acids is 1. The van der Waals surface area contributed by atoms with Gasteiger partial charge in [0.2, 0.25) is 17.7 Å². The number of benzene rings is 4. The van der Waals surface area contributed by atoms with Crippen molar-refractivity contribution >= 4 is 45.5 Å². The Morgan fingerprint density at radius 2 is 0.962 bits per heavy atom. The topological polar surface area (TPSA) is 223 Å². The first-order chi connectivity index (χ1) is 25.5. The molecule has 0 aliphatic carbocycles. The minimum atomic E-state index is -1.35. The highest BCUT2D eigenvalue weighted by molar-refractivity contribution is 5.95. The van der Waals surface area contributed by atoms with Crippen LogP contribution >= 0.6 is 0 Å². The van der Waals surface area contributed by atoms with Gasteiger partial charge in [0.1, 0.15) is 29.6 Å². The molecule has 6 rings (SSSR count). The maximum absolute atomic E-state index is 14.3. The molecule has 0 saturated heterocycles. The molecule has 0 saturated carbocycles. The number of amides is 3. The second kappa shape index (κ2) is 16.2. The van der Waals surface area contributed by atoms with Crippen LogP contribution < -0.4 is 21.7 Å². The number of aromatic amines is 2. The average molecular weight is 717 g/mol. The van der Waals surface area contributed by atoms with Crippen LogP contribution in [-0.4, -0.2) is 73.1 Å². The number of aliphatic carboxylic acids is 1. The minimum absolute atomic E-state index is 0.00124. The molecule has 0 aliphatic rings. The van der Waals surface area contributed by atoms with E-state index < -0.39 is 47.9 Å². The van der Waals surface area contributed by atoms with Crippen LogP contribution in [0, 0.1) is 0 Å². The summed E-state index contributed by atoms with van der Waals surface area (Å²) in [6.07, 6.45) is 3.60. The first kappa shape index (κ1) is 36.2. The van der Waals surface area contributed by atoms with Crippen LogP contribution in [0.3, 0.4) is 0 Å². The number of nitrogens with two attached hydrogens (primary N) is 1. The van der Waals surface area contributed by atoms with E-state index >= 15 is 0 Å². The van der Waals surface area contributed by atoms with E-state index in [1.807, 2.05) is 48.5 Å². The lowest BCUT2D eigenvalue weighted by atomic mass is 10.00. The van der Waals surface area contributed by atoms with Crippen LogP contribution in [0.4, 0.5) is 0 Å². The third-order valence-electron chi connectivity index (χ3n) is 9.18. The molecule has 4 aromatic carbocycles. The molecule has 0 aliphatic heterocycles. The summed E-state index contributed by atoms with van der Waals surface area (Å²) in [5.41, 5.74) is 10.7. The number of phenols is 2. The molecule has 0 bridgehead atoms. The molecule has 4 atom stereocenters. The Morgan fingerprint density at radius 1 is 0.547 bits per heavy atom. The Balaban J connectivity index is 1.27. The normalized spacial score (nSPS) is 13.5. The van der Waals surface area contributed by atoms with Crippen molar-refractivity contribution in [1.82, 2.24) is 25.9 Å². The number of fused-ring (bicyclic) bond motifs is 2. The van der Waals surface area contributed by atoms with E-state index in [1.54, 1.807) is 36.7 Å². The van der Waals surface area contributed by atoms with Gasteiger partial charge in [-0.2, -0.15) is 0 Å². The molecule has 0 spiro atoms. The van der Waals surface area contributed by atoms with E-state index in [1.165, 1.54) is 24.3 Å². The van der Waals surface area contributed by atoms with E-state index in [0.717, 1.165) is 27.4 Å². The zero-order valence-corrected chi connectivity index (χ0v) is 28.6. The van der Waals surface area contributed by atoms with Crippen LogP contribution in [-0.2, 0) is 44.9 Å². The summed E-state index contributed by atoms with van der Waals surface area (Å²) in [5, 5.41) is 39.2. The molecule has 0 radical (unpaired) electrons. The SMILES string of the molecule is NC(Cc1ccc(O)cc1)C(=O)NC(Cc1c[nH]c2ccccc12)C(=O)NC(Cc1c[nH]c2ccccc12)C(=O)NC(Cc1ccc(O)cc1)C(=O)O. The number of carboxylic acid groups (broad SMARTS) is 1. The fraction of sp³-hybridized carbons (Fsp3) is 0.200. The van der Waals surface area contributed by atoms with E-state index in [9.17, 15) is 34.5 Å². The third-order valence-corrected chi connectivity index (χ3v) is 9.18. The number of carbonyl (C=O) groups excluding carboxylic acids is 3. The summed E-state index contributed by atoms with van der Waals surface area (Å²) in [6, 6.07) is 22.4. The number of rotatable bonds is 15. The van der Waals surface area contributed by atoms with Gasteiger partial charge in [0, 0.05) is 53.5 Å². The van der Waals surface area contributed by atoms with Crippen molar-refractivity contribution in [1.29, 1.82) is 0 Å². The van der Waals surface area contributed by atoms with Gasteiger partial charge in [-0.25, -0.2) is 4.79 Å². The lowest BCUT2D eigenvalue weighted by molar-refractivity contribution is -0.142. The van der Waals surface area contributed by atoms with Crippen molar-refractivity contribution in [3.8, 4) is 11.5 Å². The highest BCUT2D eigenvalue weighted by atomic mass is 16.4. The van der Waals surface area contributed by atoms with Gasteiger partial charge in [0.05, 0.1) is 6.04 Å². The molecular weight excluding hydrogens is 676 g/mol. The van der Waals surface area contributed by atoms with E-state index in [4.69, 9.17) is 5.73 Å². The van der Waals surface area contributed by atoms with E-state index in [0.29, 0.717) is 16.7 Å². The van der Waals surface area contributed by atoms with Gasteiger partial charge in [-0.15, -0.1) is 0 Å². The highest BCUT2D eigenvalue weighted by Crippen LogP contribution is 2.22. The predicted octanol–water partition coefficient (Wildman–Crippen LogP) is 3.20. The number of phenolic OH excluding ortho intramolecular Hbond substituents is 2. The number of carbonyl (C=O) groups is 4. The van der Waals surface area contributed by atoms with Crippen molar-refractivity contribution < 1.29 is 34.5 Å². The molecule has 13 nitrogen and oxygen atoms in total. The van der Waals surface area contributed by atoms with Crippen LogP contribution in [0.15, 0.2) is 109 Å². The standard InChI is InChI=1S/C40H40N6O7/c41-31(17-23-9-13-27(47)14-10-23)37(49)44-34(19-25-21-42-32-7-3-1-5-29(25)32)38(50)45-35(20-26-22-43-33-8-4-2-6-30(26)33)39(51)46-36(40(52)53)18-24-11-15-28(48)16-12-24/h1-16,21-22,31,34-36,42-43,47-48H,17-20,41H2,(H,44,49)(H,45,50)(H,46,51)(H,52,53). The first-order valence-electron chi connectivity index (χ1n) is 17.1. The van der Waals surface area contributed by atoms with Gasteiger partial charge >= 0.3 is 5.97 Å². The molecule has 53 heavy (non-hydrogen) atoms. The molecule has 6 aromatic rings. The lowest BCUT2D eigenvalue weighted by Crippen LogP contribution is -2.58. The number of para-hydroxylation sites is 2. The highest BCUT2D eigenvalue weighted by Gasteiger charge is 2.32. The largest absolute Gasteiger partial charge is 0.508 e.